The van der Waals surface area contributed by atoms with Gasteiger partial charge in [0.2, 0.25) is 0 Å². The van der Waals surface area contributed by atoms with Crippen LogP contribution in [0.3, 0.4) is 0 Å². The van der Waals surface area contributed by atoms with Crippen molar-refractivity contribution in [2.75, 3.05) is 0 Å². The second-order valence-electron chi connectivity index (χ2n) is 4.18. The molecule has 0 aromatic heterocycles. The third kappa shape index (κ3) is 1.78. The predicted octanol–water partition coefficient (Wildman–Crippen LogP) is 2.98. The first-order valence-corrected chi connectivity index (χ1v) is 5.53. The van der Waals surface area contributed by atoms with E-state index in [0.717, 1.165) is 16.2 Å². The number of aliphatic hydroxyl groups is 2. The van der Waals surface area contributed by atoms with E-state index in [9.17, 15) is 0 Å². The molecule has 2 nitrogen and oxygen atoms in total. The molecule has 0 aliphatic carbocycles. The van der Waals surface area contributed by atoms with Gasteiger partial charge in [0.05, 0.1) is 0 Å². The largest absolute Gasteiger partial charge is 0.364 e. The zero-order valence-electron chi connectivity index (χ0n) is 9.17. The molecular formula is C15H12O2. The van der Waals surface area contributed by atoms with Crippen LogP contribution in [0, 0.1) is 0 Å². The lowest BCUT2D eigenvalue weighted by Gasteiger charge is -2.07. The Morgan fingerprint density at radius 1 is 0.647 bits per heavy atom. The number of hydrogen-bond acceptors (Lipinski definition) is 2. The average molecular weight is 224 g/mol. The van der Waals surface area contributed by atoms with Crippen LogP contribution in [-0.2, 0) is 0 Å². The molecule has 0 unspecified atom stereocenters. The summed E-state index contributed by atoms with van der Waals surface area (Å²) in [5.41, 5.74) is 0.521. The van der Waals surface area contributed by atoms with Crippen molar-refractivity contribution >= 4 is 21.5 Å². The minimum atomic E-state index is -1.41. The fraction of sp³-hybridized carbons (Fsp3) is 0.0667. The Hall–Kier alpha value is -1.90. The van der Waals surface area contributed by atoms with Gasteiger partial charge in [0.25, 0.3) is 0 Å². The summed E-state index contributed by atoms with van der Waals surface area (Å²) >= 11 is 0. The summed E-state index contributed by atoms with van der Waals surface area (Å²) in [6.45, 7) is 0. The number of hydrogen-bond donors (Lipinski definition) is 2. The predicted molar refractivity (Wildman–Crippen MR) is 68.6 cm³/mol. The van der Waals surface area contributed by atoms with Gasteiger partial charge < -0.3 is 10.2 Å². The topological polar surface area (TPSA) is 40.5 Å². The van der Waals surface area contributed by atoms with Crippen LogP contribution < -0.4 is 0 Å². The van der Waals surface area contributed by atoms with Crippen LogP contribution in [0.15, 0.2) is 54.6 Å². The first kappa shape index (κ1) is 10.3. The number of fused-ring (bicyclic) bond motifs is 2. The molecule has 0 fully saturated rings. The van der Waals surface area contributed by atoms with Gasteiger partial charge in [0.15, 0.2) is 6.29 Å². The number of aliphatic hydroxyl groups excluding tert-OH is 1. The van der Waals surface area contributed by atoms with Crippen LogP contribution in [0.4, 0.5) is 0 Å². The summed E-state index contributed by atoms with van der Waals surface area (Å²) in [4.78, 5) is 0. The maximum absolute atomic E-state index is 9.15. The van der Waals surface area contributed by atoms with Gasteiger partial charge in [-0.2, -0.15) is 0 Å². The molecule has 0 atom stereocenters. The normalized spacial score (nSPS) is 11.5. The van der Waals surface area contributed by atoms with E-state index in [1.807, 2.05) is 24.3 Å². The smallest absolute Gasteiger partial charge is 0.178 e. The van der Waals surface area contributed by atoms with Gasteiger partial charge in [-0.1, -0.05) is 36.4 Å². The fourth-order valence-electron chi connectivity index (χ4n) is 2.12. The van der Waals surface area contributed by atoms with Crippen LogP contribution in [0.1, 0.15) is 11.9 Å². The highest BCUT2D eigenvalue weighted by Crippen LogP contribution is 2.25. The number of rotatable bonds is 1. The zero-order chi connectivity index (χ0) is 11.8. The van der Waals surface area contributed by atoms with E-state index in [1.165, 1.54) is 5.39 Å². The fourth-order valence-corrected chi connectivity index (χ4v) is 2.12. The summed E-state index contributed by atoms with van der Waals surface area (Å²) in [5.74, 6) is 0. The SMILES string of the molecule is OC(O)c1ccc2cc3ccccc3cc2c1. The van der Waals surface area contributed by atoms with Gasteiger partial charge in [0, 0.05) is 5.56 Å². The quantitative estimate of drug-likeness (QED) is 0.493. The highest BCUT2D eigenvalue weighted by atomic mass is 16.5. The van der Waals surface area contributed by atoms with Crippen LogP contribution in [0.2, 0.25) is 0 Å². The van der Waals surface area contributed by atoms with Crippen LogP contribution in [-0.4, -0.2) is 10.2 Å². The molecule has 3 aromatic carbocycles. The van der Waals surface area contributed by atoms with Gasteiger partial charge >= 0.3 is 0 Å². The van der Waals surface area contributed by atoms with Crippen LogP contribution in [0.25, 0.3) is 21.5 Å². The first-order valence-electron chi connectivity index (χ1n) is 5.53. The first-order chi connectivity index (χ1) is 8.24. The molecule has 0 amide bonds. The lowest BCUT2D eigenvalue weighted by molar-refractivity contribution is -0.0423. The molecule has 0 saturated heterocycles. The Morgan fingerprint density at radius 3 is 1.88 bits per heavy atom. The van der Waals surface area contributed by atoms with Gasteiger partial charge in [-0.15, -0.1) is 0 Å². The molecule has 3 rings (SSSR count). The second kappa shape index (κ2) is 3.84. The van der Waals surface area contributed by atoms with Crippen molar-refractivity contribution in [1.82, 2.24) is 0 Å². The minimum Gasteiger partial charge on any atom is -0.364 e. The standard InChI is InChI=1S/C15H12O2/c16-15(17)13-6-5-12-7-10-3-1-2-4-11(10)8-14(12)9-13/h1-9,15-17H. The zero-order valence-corrected chi connectivity index (χ0v) is 9.17. The summed E-state index contributed by atoms with van der Waals surface area (Å²) in [6, 6.07) is 17.8. The van der Waals surface area contributed by atoms with E-state index in [0.29, 0.717) is 5.56 Å². The van der Waals surface area contributed by atoms with Crippen molar-refractivity contribution in [2.24, 2.45) is 0 Å². The minimum absolute atomic E-state index is 0.521. The maximum atomic E-state index is 9.15. The van der Waals surface area contributed by atoms with Crippen molar-refractivity contribution in [1.29, 1.82) is 0 Å². The molecule has 0 aliphatic heterocycles. The lowest BCUT2D eigenvalue weighted by atomic mass is 10.0. The molecule has 0 radical (unpaired) electrons. The van der Waals surface area contributed by atoms with E-state index in [1.54, 1.807) is 6.07 Å². The van der Waals surface area contributed by atoms with E-state index < -0.39 is 6.29 Å². The Balaban J connectivity index is 2.32. The highest BCUT2D eigenvalue weighted by Gasteiger charge is 2.04. The van der Waals surface area contributed by atoms with Crippen molar-refractivity contribution < 1.29 is 10.2 Å². The third-order valence-electron chi connectivity index (χ3n) is 3.03. The van der Waals surface area contributed by atoms with E-state index in [2.05, 4.69) is 24.3 Å². The Morgan fingerprint density at radius 2 is 1.24 bits per heavy atom. The van der Waals surface area contributed by atoms with E-state index in [4.69, 9.17) is 10.2 Å². The summed E-state index contributed by atoms with van der Waals surface area (Å²) < 4.78 is 0. The summed E-state index contributed by atoms with van der Waals surface area (Å²) in [5, 5.41) is 22.8. The maximum Gasteiger partial charge on any atom is 0.178 e. The van der Waals surface area contributed by atoms with Crippen molar-refractivity contribution in [2.45, 2.75) is 6.29 Å². The molecule has 17 heavy (non-hydrogen) atoms. The third-order valence-corrected chi connectivity index (χ3v) is 3.03. The van der Waals surface area contributed by atoms with Crippen LogP contribution >= 0.6 is 0 Å². The highest BCUT2D eigenvalue weighted by molar-refractivity contribution is 5.98. The summed E-state index contributed by atoms with van der Waals surface area (Å²) in [6.07, 6.45) is -1.41. The van der Waals surface area contributed by atoms with Crippen molar-refractivity contribution in [3.8, 4) is 0 Å². The molecule has 3 aromatic rings. The molecule has 0 bridgehead atoms. The molecule has 84 valence electrons. The molecule has 2 heteroatoms. The average Bonchev–Trinajstić information content (AvgIpc) is 2.35. The van der Waals surface area contributed by atoms with Crippen molar-refractivity contribution in [3.63, 3.8) is 0 Å². The van der Waals surface area contributed by atoms with Gasteiger partial charge in [-0.05, 0) is 39.7 Å². The van der Waals surface area contributed by atoms with Gasteiger partial charge in [0.1, 0.15) is 0 Å². The Kier molecular flexibility index (Phi) is 2.32. The van der Waals surface area contributed by atoms with E-state index >= 15 is 0 Å². The second-order valence-corrected chi connectivity index (χ2v) is 4.18. The lowest BCUT2D eigenvalue weighted by Crippen LogP contribution is -1.93. The van der Waals surface area contributed by atoms with Crippen molar-refractivity contribution in [3.05, 3.63) is 60.2 Å². The van der Waals surface area contributed by atoms with Gasteiger partial charge in [-0.25, -0.2) is 0 Å². The molecule has 0 spiro atoms. The van der Waals surface area contributed by atoms with E-state index in [-0.39, 0.29) is 0 Å². The molecule has 0 saturated carbocycles. The molecular weight excluding hydrogens is 212 g/mol. The summed E-state index contributed by atoms with van der Waals surface area (Å²) in [7, 11) is 0. The Labute approximate surface area is 98.7 Å². The molecule has 0 aliphatic rings. The Bertz CT molecular complexity index is 687. The molecule has 0 heterocycles. The monoisotopic (exact) mass is 224 g/mol. The number of benzene rings is 3. The molecule has 2 N–H and O–H groups in total. The van der Waals surface area contributed by atoms with Gasteiger partial charge in [-0.3, -0.25) is 0 Å². The van der Waals surface area contributed by atoms with Crippen LogP contribution in [0.5, 0.6) is 0 Å².